The summed E-state index contributed by atoms with van der Waals surface area (Å²) in [4.78, 5) is 0. The van der Waals surface area contributed by atoms with Gasteiger partial charge in [0.05, 0.1) is 0 Å². The Morgan fingerprint density at radius 2 is 1.56 bits per heavy atom. The van der Waals surface area contributed by atoms with Gasteiger partial charge in [0.1, 0.15) is 0 Å². The first-order valence-corrected chi connectivity index (χ1v) is 5.71. The van der Waals surface area contributed by atoms with Crippen molar-refractivity contribution in [3.05, 3.63) is 57.2 Å². The van der Waals surface area contributed by atoms with Crippen molar-refractivity contribution in [3.8, 4) is 11.1 Å². The third-order valence-corrected chi connectivity index (χ3v) is 3.30. The molecule has 3 rings (SSSR count). The summed E-state index contributed by atoms with van der Waals surface area (Å²) in [6.07, 6.45) is 1.04. The van der Waals surface area contributed by atoms with E-state index in [-0.39, 0.29) is 63.4 Å². The predicted octanol–water partition coefficient (Wildman–Crippen LogP) is -5.33. The van der Waals surface area contributed by atoms with Crippen molar-refractivity contribution in [2.75, 3.05) is 0 Å². The van der Waals surface area contributed by atoms with Crippen LogP contribution >= 0.6 is 22.6 Å². The van der Waals surface area contributed by atoms with Gasteiger partial charge in [-0.15, -0.1) is 11.1 Å². The van der Waals surface area contributed by atoms with Crippen LogP contribution in [0.1, 0.15) is 11.1 Å². The van der Waals surface area contributed by atoms with Crippen LogP contribution in [0.4, 0.5) is 0 Å². The molecule has 0 aromatic heterocycles. The van der Waals surface area contributed by atoms with E-state index in [2.05, 4.69) is 65.1 Å². The van der Waals surface area contributed by atoms with Gasteiger partial charge in [-0.2, -0.15) is 18.2 Å². The molecule has 0 nitrogen and oxygen atoms in total. The summed E-state index contributed by atoms with van der Waals surface area (Å²) in [5.74, 6) is 0. The molecule has 5 heteroatoms. The van der Waals surface area contributed by atoms with E-state index in [0.29, 0.717) is 0 Å². The molecular weight excluding hydrogens is 481 g/mol. The standard InChI is InChI=1S/C13H8I.3ClH.Zr/c14-11-5-6-13-10(8-11)7-9-3-1-2-4-12(9)13;;;;/h1-6H,7H2;3*1H;/q-1;;;;+4/p-3. The molecule has 18 heavy (non-hydrogen) atoms. The predicted molar refractivity (Wildman–Crippen MR) is 66.2 cm³/mol. The van der Waals surface area contributed by atoms with E-state index < -0.39 is 0 Å². The summed E-state index contributed by atoms with van der Waals surface area (Å²) in [5.41, 5.74) is 5.52. The first kappa shape index (κ1) is 21.2. The van der Waals surface area contributed by atoms with E-state index in [1.54, 1.807) is 0 Å². The summed E-state index contributed by atoms with van der Waals surface area (Å²) in [7, 11) is 0. The zero-order valence-electron chi connectivity index (χ0n) is 9.18. The Balaban J connectivity index is 0. The maximum atomic E-state index is 3.42. The molecule has 2 aromatic rings. The monoisotopic (exact) mass is 486 g/mol. The summed E-state index contributed by atoms with van der Waals surface area (Å²) >= 11 is 2.32. The first-order chi connectivity index (χ1) is 6.84. The molecule has 0 amide bonds. The van der Waals surface area contributed by atoms with Crippen LogP contribution in [0.25, 0.3) is 11.1 Å². The minimum absolute atomic E-state index is 0. The Bertz CT molecular complexity index is 517. The van der Waals surface area contributed by atoms with Crippen LogP contribution in [-0.4, -0.2) is 0 Å². The first-order valence-electron chi connectivity index (χ1n) is 4.63. The van der Waals surface area contributed by atoms with Crippen molar-refractivity contribution in [2.45, 2.75) is 6.42 Å². The molecule has 0 saturated carbocycles. The van der Waals surface area contributed by atoms with Crippen LogP contribution in [0.3, 0.4) is 0 Å². The van der Waals surface area contributed by atoms with Crippen LogP contribution in [0.5, 0.6) is 0 Å². The molecule has 0 spiro atoms. The molecule has 2 aromatic carbocycles. The fourth-order valence-electron chi connectivity index (χ4n) is 2.03. The second kappa shape index (κ2) is 8.97. The molecule has 0 saturated heterocycles. The molecule has 0 unspecified atom stereocenters. The third kappa shape index (κ3) is 3.96. The largest absolute Gasteiger partial charge is 4.00 e. The molecule has 92 valence electrons. The van der Waals surface area contributed by atoms with Gasteiger partial charge in [-0.1, -0.05) is 61.6 Å². The number of halogens is 4. The SMILES string of the molecule is Ic1[c-]c2c(cc1)-c1ccccc1C2.[Cl-].[Cl-].[Cl-].[Zr+4]. The molecular formula is C13H8Cl3IZr. The molecule has 0 atom stereocenters. The molecule has 0 radical (unpaired) electrons. The molecule has 0 N–H and O–H groups in total. The van der Waals surface area contributed by atoms with Gasteiger partial charge in [-0.05, 0) is 6.42 Å². The van der Waals surface area contributed by atoms with Gasteiger partial charge in [0, 0.05) is 0 Å². The van der Waals surface area contributed by atoms with Crippen molar-refractivity contribution in [1.82, 2.24) is 0 Å². The smallest absolute Gasteiger partial charge is 1.00 e. The number of hydrogen-bond acceptors (Lipinski definition) is 0. The van der Waals surface area contributed by atoms with E-state index in [4.69, 9.17) is 0 Å². The second-order valence-electron chi connectivity index (χ2n) is 3.53. The number of rotatable bonds is 0. The van der Waals surface area contributed by atoms with Crippen LogP contribution < -0.4 is 37.2 Å². The van der Waals surface area contributed by atoms with Gasteiger partial charge in [-0.25, -0.2) is 0 Å². The average molecular weight is 489 g/mol. The Morgan fingerprint density at radius 1 is 0.889 bits per heavy atom. The minimum atomic E-state index is 0. The van der Waals surface area contributed by atoms with E-state index in [9.17, 15) is 0 Å². The molecule has 0 aliphatic heterocycles. The zero-order valence-corrected chi connectivity index (χ0v) is 16.1. The van der Waals surface area contributed by atoms with Crippen LogP contribution in [0.15, 0.2) is 36.4 Å². The second-order valence-corrected chi connectivity index (χ2v) is 4.69. The summed E-state index contributed by atoms with van der Waals surface area (Å²) < 4.78 is 1.20. The van der Waals surface area contributed by atoms with Crippen molar-refractivity contribution in [1.29, 1.82) is 0 Å². The number of fused-ring (bicyclic) bond motifs is 3. The van der Waals surface area contributed by atoms with Gasteiger partial charge in [0.2, 0.25) is 0 Å². The molecule has 0 bridgehead atoms. The van der Waals surface area contributed by atoms with Crippen molar-refractivity contribution in [2.24, 2.45) is 0 Å². The van der Waals surface area contributed by atoms with Gasteiger partial charge in [0.15, 0.2) is 0 Å². The minimum Gasteiger partial charge on any atom is -1.00 e. The normalized spacial score (nSPS) is 9.61. The maximum absolute atomic E-state index is 3.42. The molecule has 1 aliphatic carbocycles. The van der Waals surface area contributed by atoms with Crippen molar-refractivity contribution >= 4 is 22.6 Å². The zero-order chi connectivity index (χ0) is 9.54. The van der Waals surface area contributed by atoms with E-state index in [1.165, 1.54) is 25.8 Å². The maximum Gasteiger partial charge on any atom is 4.00 e. The topological polar surface area (TPSA) is 0 Å². The van der Waals surface area contributed by atoms with E-state index in [0.717, 1.165) is 6.42 Å². The molecule has 1 aliphatic rings. The summed E-state index contributed by atoms with van der Waals surface area (Å²) in [5, 5.41) is 0. The van der Waals surface area contributed by atoms with Gasteiger partial charge >= 0.3 is 26.2 Å². The summed E-state index contributed by atoms with van der Waals surface area (Å²) in [6, 6.07) is 16.4. The van der Waals surface area contributed by atoms with Crippen molar-refractivity contribution in [3.63, 3.8) is 0 Å². The quantitative estimate of drug-likeness (QED) is 0.219. The van der Waals surface area contributed by atoms with E-state index in [1.807, 2.05) is 0 Å². The van der Waals surface area contributed by atoms with Gasteiger partial charge < -0.3 is 37.2 Å². The van der Waals surface area contributed by atoms with Crippen molar-refractivity contribution < 1.29 is 63.4 Å². The number of hydrogen-bond donors (Lipinski definition) is 0. The Kier molecular flexibility index (Phi) is 10.6. The van der Waals surface area contributed by atoms with E-state index >= 15 is 0 Å². The van der Waals surface area contributed by atoms with Crippen LogP contribution in [0, 0.1) is 9.64 Å². The number of benzene rings is 2. The fraction of sp³-hybridized carbons (Fsp3) is 0.0769. The Labute approximate surface area is 159 Å². The summed E-state index contributed by atoms with van der Waals surface area (Å²) in [6.45, 7) is 0. The fourth-order valence-corrected chi connectivity index (χ4v) is 2.53. The Hall–Kier alpha value is 0.923. The van der Waals surface area contributed by atoms with Gasteiger partial charge in [-0.3, -0.25) is 0 Å². The van der Waals surface area contributed by atoms with Crippen LogP contribution in [-0.2, 0) is 32.6 Å². The van der Waals surface area contributed by atoms with Gasteiger partial charge in [0.25, 0.3) is 0 Å². The molecule has 0 fully saturated rings. The average Bonchev–Trinajstić information content (AvgIpc) is 2.54. The van der Waals surface area contributed by atoms with Crippen LogP contribution in [0.2, 0.25) is 0 Å². The Morgan fingerprint density at radius 3 is 2.28 bits per heavy atom. The molecule has 0 heterocycles. The third-order valence-electron chi connectivity index (χ3n) is 2.67.